The number of alkyl halides is 2. The SMILES string of the molecule is CCCCCCCCCC(O)C1CCC(F)(F)CC1. The Morgan fingerprint density at radius 1 is 1.00 bits per heavy atom. The molecule has 0 aromatic heterocycles. The first kappa shape index (κ1) is 16.9. The minimum absolute atomic E-state index is 0.0360. The maximum absolute atomic E-state index is 13.0. The Morgan fingerprint density at radius 2 is 1.53 bits per heavy atom. The van der Waals surface area contributed by atoms with Gasteiger partial charge >= 0.3 is 0 Å². The minimum Gasteiger partial charge on any atom is -0.393 e. The van der Waals surface area contributed by atoms with Gasteiger partial charge in [-0.25, -0.2) is 8.78 Å². The third kappa shape index (κ3) is 7.24. The van der Waals surface area contributed by atoms with E-state index < -0.39 is 5.92 Å². The van der Waals surface area contributed by atoms with E-state index in [-0.39, 0.29) is 24.9 Å². The van der Waals surface area contributed by atoms with E-state index in [0.29, 0.717) is 12.8 Å². The molecule has 1 N–H and O–H groups in total. The molecule has 3 heteroatoms. The van der Waals surface area contributed by atoms with E-state index in [0.717, 1.165) is 12.8 Å². The van der Waals surface area contributed by atoms with Crippen molar-refractivity contribution in [2.24, 2.45) is 5.92 Å². The monoisotopic (exact) mass is 276 g/mol. The van der Waals surface area contributed by atoms with Crippen molar-refractivity contribution in [1.82, 2.24) is 0 Å². The Balaban J connectivity index is 2.00. The molecule has 0 heterocycles. The van der Waals surface area contributed by atoms with Crippen molar-refractivity contribution in [2.45, 2.75) is 96.0 Å². The highest BCUT2D eigenvalue weighted by molar-refractivity contribution is 4.81. The van der Waals surface area contributed by atoms with Crippen molar-refractivity contribution in [1.29, 1.82) is 0 Å². The summed E-state index contributed by atoms with van der Waals surface area (Å²) in [4.78, 5) is 0. The molecule has 114 valence electrons. The topological polar surface area (TPSA) is 20.2 Å². The number of rotatable bonds is 9. The summed E-state index contributed by atoms with van der Waals surface area (Å²) in [7, 11) is 0. The van der Waals surface area contributed by atoms with Crippen molar-refractivity contribution in [3.63, 3.8) is 0 Å². The Kier molecular flexibility index (Phi) is 7.89. The predicted octanol–water partition coefficient (Wildman–Crippen LogP) is 5.31. The Labute approximate surface area is 116 Å². The summed E-state index contributed by atoms with van der Waals surface area (Å²) < 4.78 is 26.0. The summed E-state index contributed by atoms with van der Waals surface area (Å²) in [6.07, 6.45) is 10.0. The maximum atomic E-state index is 13.0. The first-order valence-corrected chi connectivity index (χ1v) is 8.11. The van der Waals surface area contributed by atoms with E-state index >= 15 is 0 Å². The van der Waals surface area contributed by atoms with Crippen molar-refractivity contribution >= 4 is 0 Å². The van der Waals surface area contributed by atoms with Crippen LogP contribution in [0.15, 0.2) is 0 Å². The summed E-state index contributed by atoms with van der Waals surface area (Å²) in [5, 5.41) is 10.0. The van der Waals surface area contributed by atoms with Gasteiger partial charge in [0.2, 0.25) is 5.92 Å². The van der Waals surface area contributed by atoms with Crippen LogP contribution in [0.1, 0.15) is 84.0 Å². The first-order chi connectivity index (χ1) is 9.05. The van der Waals surface area contributed by atoms with Gasteiger partial charge in [-0.2, -0.15) is 0 Å². The minimum atomic E-state index is -2.48. The van der Waals surface area contributed by atoms with Crippen LogP contribution in [0.4, 0.5) is 8.78 Å². The molecule has 1 nitrogen and oxygen atoms in total. The Hall–Kier alpha value is -0.180. The summed E-state index contributed by atoms with van der Waals surface area (Å²) in [5.74, 6) is -2.37. The lowest BCUT2D eigenvalue weighted by Gasteiger charge is -2.31. The highest BCUT2D eigenvalue weighted by Gasteiger charge is 2.36. The standard InChI is InChI=1S/C16H30F2O/c1-2-3-4-5-6-7-8-9-15(19)14-10-12-16(17,18)13-11-14/h14-15,19H,2-13H2,1H3. The van der Waals surface area contributed by atoms with Crippen LogP contribution in [0, 0.1) is 5.92 Å². The highest BCUT2D eigenvalue weighted by Crippen LogP contribution is 2.38. The van der Waals surface area contributed by atoms with Crippen LogP contribution in [0.25, 0.3) is 0 Å². The molecule has 0 aromatic rings. The number of unbranched alkanes of at least 4 members (excludes halogenated alkanes) is 6. The maximum Gasteiger partial charge on any atom is 0.248 e. The van der Waals surface area contributed by atoms with Gasteiger partial charge < -0.3 is 5.11 Å². The summed E-state index contributed by atoms with van der Waals surface area (Å²) in [6.45, 7) is 2.21. The molecular formula is C16H30F2O. The molecule has 0 spiro atoms. The number of hydrogen-bond donors (Lipinski definition) is 1. The van der Waals surface area contributed by atoms with Crippen LogP contribution in [-0.4, -0.2) is 17.1 Å². The van der Waals surface area contributed by atoms with E-state index in [2.05, 4.69) is 6.92 Å². The average Bonchev–Trinajstić information content (AvgIpc) is 2.37. The molecular weight excluding hydrogens is 246 g/mol. The second-order valence-corrected chi connectivity index (χ2v) is 6.17. The van der Waals surface area contributed by atoms with Crippen molar-refractivity contribution in [2.75, 3.05) is 0 Å². The van der Waals surface area contributed by atoms with Crippen LogP contribution >= 0.6 is 0 Å². The van der Waals surface area contributed by atoms with Crippen LogP contribution in [0.5, 0.6) is 0 Å². The Bertz CT molecular complexity index is 221. The van der Waals surface area contributed by atoms with Crippen molar-refractivity contribution in [3.8, 4) is 0 Å². The van der Waals surface area contributed by atoms with Gasteiger partial charge in [0.25, 0.3) is 0 Å². The molecule has 0 amide bonds. The lowest BCUT2D eigenvalue weighted by Crippen LogP contribution is -2.31. The number of hydrogen-bond acceptors (Lipinski definition) is 1. The zero-order chi connectivity index (χ0) is 14.1. The third-order valence-corrected chi connectivity index (χ3v) is 4.41. The first-order valence-electron chi connectivity index (χ1n) is 8.11. The number of halogens is 2. The zero-order valence-electron chi connectivity index (χ0n) is 12.3. The average molecular weight is 276 g/mol. The molecule has 1 rings (SSSR count). The fraction of sp³-hybridized carbons (Fsp3) is 1.00. The quantitative estimate of drug-likeness (QED) is 0.565. The lowest BCUT2D eigenvalue weighted by molar-refractivity contribution is -0.0631. The molecule has 0 saturated heterocycles. The van der Waals surface area contributed by atoms with E-state index in [4.69, 9.17) is 0 Å². The summed E-state index contributed by atoms with van der Waals surface area (Å²) in [6, 6.07) is 0. The molecule has 0 aliphatic heterocycles. The predicted molar refractivity (Wildman–Crippen MR) is 75.5 cm³/mol. The van der Waals surface area contributed by atoms with Crippen molar-refractivity contribution < 1.29 is 13.9 Å². The van der Waals surface area contributed by atoms with Crippen LogP contribution in [0.2, 0.25) is 0 Å². The van der Waals surface area contributed by atoms with E-state index in [1.807, 2.05) is 0 Å². The second-order valence-electron chi connectivity index (χ2n) is 6.17. The molecule has 1 atom stereocenters. The largest absolute Gasteiger partial charge is 0.393 e. The number of aliphatic hydroxyl groups excluding tert-OH is 1. The molecule has 1 aliphatic rings. The molecule has 1 unspecified atom stereocenters. The summed E-state index contributed by atoms with van der Waals surface area (Å²) >= 11 is 0. The van der Waals surface area contributed by atoms with Gasteiger partial charge in [0, 0.05) is 12.8 Å². The van der Waals surface area contributed by atoms with Gasteiger partial charge in [-0.15, -0.1) is 0 Å². The smallest absolute Gasteiger partial charge is 0.248 e. The fourth-order valence-corrected chi connectivity index (χ4v) is 2.99. The van der Waals surface area contributed by atoms with Gasteiger partial charge in [0.05, 0.1) is 6.10 Å². The molecule has 19 heavy (non-hydrogen) atoms. The zero-order valence-corrected chi connectivity index (χ0v) is 12.3. The van der Waals surface area contributed by atoms with Crippen molar-refractivity contribution in [3.05, 3.63) is 0 Å². The fourth-order valence-electron chi connectivity index (χ4n) is 2.99. The lowest BCUT2D eigenvalue weighted by atomic mass is 9.82. The number of aliphatic hydroxyl groups is 1. The third-order valence-electron chi connectivity index (χ3n) is 4.41. The van der Waals surface area contributed by atoms with Gasteiger partial charge in [0.15, 0.2) is 0 Å². The van der Waals surface area contributed by atoms with Crippen LogP contribution in [0.3, 0.4) is 0 Å². The van der Waals surface area contributed by atoms with E-state index in [1.54, 1.807) is 0 Å². The van der Waals surface area contributed by atoms with E-state index in [1.165, 1.54) is 38.5 Å². The molecule has 1 fully saturated rings. The van der Waals surface area contributed by atoms with Gasteiger partial charge in [-0.3, -0.25) is 0 Å². The summed E-state index contributed by atoms with van der Waals surface area (Å²) in [5.41, 5.74) is 0. The van der Waals surface area contributed by atoms with E-state index in [9.17, 15) is 13.9 Å². The molecule has 1 saturated carbocycles. The molecule has 1 aliphatic carbocycles. The molecule has 0 radical (unpaired) electrons. The van der Waals surface area contributed by atoms with Gasteiger partial charge in [0.1, 0.15) is 0 Å². The normalized spacial score (nSPS) is 21.5. The molecule has 0 bridgehead atoms. The van der Waals surface area contributed by atoms with Crippen LogP contribution < -0.4 is 0 Å². The highest BCUT2D eigenvalue weighted by atomic mass is 19.3. The molecule has 0 aromatic carbocycles. The second kappa shape index (κ2) is 8.89. The van der Waals surface area contributed by atoms with Gasteiger partial charge in [-0.05, 0) is 25.2 Å². The Morgan fingerprint density at radius 3 is 2.11 bits per heavy atom. The van der Waals surface area contributed by atoms with Gasteiger partial charge in [-0.1, -0.05) is 51.9 Å². The van der Waals surface area contributed by atoms with Crippen LogP contribution in [-0.2, 0) is 0 Å².